The predicted octanol–water partition coefficient (Wildman–Crippen LogP) is 0.467. The summed E-state index contributed by atoms with van der Waals surface area (Å²) in [5.74, 6) is -0.00942. The second kappa shape index (κ2) is 38.4. The molecule has 0 aliphatic carbocycles. The number of H-pyrrole nitrogens is 4. The lowest BCUT2D eigenvalue weighted by Gasteiger charge is -2.28. The first kappa shape index (κ1) is 95.3. The molecule has 0 spiro atoms. The molecule has 676 valence electrons. The maximum atomic E-state index is 13.5. The minimum absolute atomic E-state index is 0.0213. The van der Waals surface area contributed by atoms with Crippen LogP contribution < -0.4 is 62.2 Å². The number of anilines is 2. The van der Waals surface area contributed by atoms with Gasteiger partial charge < -0.3 is 124 Å². The third kappa shape index (κ3) is 22.9. The summed E-state index contributed by atoms with van der Waals surface area (Å²) in [6.45, 7) is -21.4. The Hall–Kier alpha value is -5.31. The van der Waals surface area contributed by atoms with Crippen LogP contribution in [0.5, 0.6) is 0 Å². The van der Waals surface area contributed by atoms with Crippen LogP contribution in [0.1, 0.15) is 117 Å². The molecule has 0 amide bonds. The van der Waals surface area contributed by atoms with E-state index in [0.717, 1.165) is 25.4 Å². The Morgan fingerprint density at radius 1 is 0.390 bits per heavy atom. The van der Waals surface area contributed by atoms with E-state index < -0.39 is 241 Å². The molecule has 6 aliphatic rings. The summed E-state index contributed by atoms with van der Waals surface area (Å²) in [5, 5.41) is 0. The van der Waals surface area contributed by atoms with Crippen LogP contribution in [0.4, 0.5) is 11.6 Å². The molecular formula is C62H84N16O33P6S6. The van der Waals surface area contributed by atoms with Crippen LogP contribution in [-0.4, -0.2) is 210 Å². The van der Waals surface area contributed by atoms with E-state index in [9.17, 15) is 72.5 Å². The number of aromatic amines is 4. The summed E-state index contributed by atoms with van der Waals surface area (Å²) < 4.78 is 115. The summed E-state index contributed by atoms with van der Waals surface area (Å²) in [7, 11) is 1.14. The van der Waals surface area contributed by atoms with Gasteiger partial charge in [-0.2, -0.15) is 4.98 Å². The van der Waals surface area contributed by atoms with Gasteiger partial charge in [0.05, 0.1) is 82.1 Å². The van der Waals surface area contributed by atoms with E-state index in [-0.39, 0.29) is 77.2 Å². The van der Waals surface area contributed by atoms with Gasteiger partial charge in [0.1, 0.15) is 85.5 Å². The van der Waals surface area contributed by atoms with E-state index >= 15 is 0 Å². The fourth-order valence-electron chi connectivity index (χ4n) is 14.1. The number of hydrogen-bond donors (Lipinski definition) is 12. The smallest absolute Gasteiger partial charge is 0.351 e. The minimum atomic E-state index is -4.73. The second-order valence-corrected chi connectivity index (χ2v) is 45.8. The normalized spacial score (nSPS) is 29.7. The van der Waals surface area contributed by atoms with E-state index in [1.807, 2.05) is 0 Å². The zero-order valence-corrected chi connectivity index (χ0v) is 75.7. The number of aromatic nitrogens is 14. The lowest BCUT2D eigenvalue weighted by atomic mass is 10.1. The first-order valence-corrected chi connectivity index (χ1v) is 52.6. The maximum Gasteiger partial charge on any atom is 0.351 e. The van der Waals surface area contributed by atoms with E-state index in [0.29, 0.717) is 12.0 Å². The van der Waals surface area contributed by atoms with Crippen LogP contribution >= 0.6 is 40.3 Å². The van der Waals surface area contributed by atoms with Crippen molar-refractivity contribution in [3.8, 4) is 0 Å². The number of nitrogen functional groups attached to an aromatic ring is 2. The molecule has 13 heterocycles. The van der Waals surface area contributed by atoms with E-state index in [1.165, 1.54) is 80.5 Å². The van der Waals surface area contributed by atoms with Crippen molar-refractivity contribution in [1.29, 1.82) is 0 Å². The molecule has 24 atom stereocenters. The SMILES string of the molecule is CC[C@H]1O[C@@H](n2cc(C)c(=O)[nH]c2=O)C[C@H]1OP(O)(=S)OC[C@H]1O[C@@H](n2cc(C)c(N)nc2=O)C[C@H]1OP(O)(=S)OC[C@H]1O[C@@H](n2cc(C)c(=O)[nH]c2=O)C[C@H]1OP(O)(=S)OC[C@H]1O[C@@H](n2cc(C)c(=O)[nH]c2=O)C[C@H]1OP(O)(=S)OC[C@H]1O[C@@H](n2cc(C)c(=O)[nH]c2=O)C[C@H]1OP(O)(=S)OC[C@H]1O[C@@H](n2cnc3c(N)ncnc32)C[C@H]1OP(O)(=S)OC. The zero-order chi connectivity index (χ0) is 89.1. The van der Waals surface area contributed by atoms with Gasteiger partial charge in [-0.3, -0.25) is 66.5 Å². The Kier molecular flexibility index (Phi) is 29.7. The number of ether oxygens (including phenoxy) is 6. The number of nitrogens with one attached hydrogen (secondary N) is 4. The minimum Gasteiger partial charge on any atom is -0.383 e. The molecule has 6 fully saturated rings. The van der Waals surface area contributed by atoms with E-state index in [4.69, 9.17) is 165 Å². The third-order valence-electron chi connectivity index (χ3n) is 20.3. The van der Waals surface area contributed by atoms with Crippen LogP contribution in [0.3, 0.4) is 0 Å². The van der Waals surface area contributed by atoms with E-state index in [2.05, 4.69) is 39.9 Å². The molecule has 13 rings (SSSR count). The Bertz CT molecular complexity index is 6060. The first-order valence-electron chi connectivity index (χ1n) is 37.1. The predicted molar refractivity (Wildman–Crippen MR) is 448 cm³/mol. The number of aryl methyl sites for hydroxylation is 5. The monoisotopic (exact) mass is 1960 g/mol. The third-order valence-corrected chi connectivity index (χ3v) is 30.0. The molecule has 0 aromatic carbocycles. The van der Waals surface area contributed by atoms with Gasteiger partial charge in [-0.1, -0.05) is 6.92 Å². The summed E-state index contributed by atoms with van der Waals surface area (Å²) in [4.78, 5) is 212. The van der Waals surface area contributed by atoms with Gasteiger partial charge >= 0.3 is 68.8 Å². The number of hydrogen-bond acceptors (Lipinski definition) is 39. The number of imidazole rings is 1. The van der Waals surface area contributed by atoms with Crippen molar-refractivity contribution in [2.75, 3.05) is 51.6 Å². The van der Waals surface area contributed by atoms with Gasteiger partial charge in [0, 0.05) is 104 Å². The Balaban J connectivity index is 0.701. The van der Waals surface area contributed by atoms with Crippen LogP contribution in [-0.2, 0) is 154 Å². The zero-order valence-electron chi connectivity index (χ0n) is 65.4. The van der Waals surface area contributed by atoms with Crippen LogP contribution in [0.15, 0.2) is 86.8 Å². The fourth-order valence-corrected chi connectivity index (χ4v) is 22.5. The molecule has 7 aromatic rings. The average molecular weight is 1960 g/mol. The van der Waals surface area contributed by atoms with Crippen molar-refractivity contribution in [3.63, 3.8) is 0 Å². The van der Waals surface area contributed by atoms with Gasteiger partial charge in [0.25, 0.3) is 22.2 Å². The summed E-state index contributed by atoms with van der Waals surface area (Å²) in [6, 6.07) is 0. The van der Waals surface area contributed by atoms with Gasteiger partial charge in [-0.05, 0) is 112 Å². The highest BCUT2D eigenvalue weighted by atomic mass is 32.5. The molecular weight excluding hydrogens is 1880 g/mol. The van der Waals surface area contributed by atoms with Crippen molar-refractivity contribution in [1.82, 2.24) is 67.3 Å². The van der Waals surface area contributed by atoms with Crippen molar-refractivity contribution < 1.29 is 112 Å². The molecule has 6 saturated heterocycles. The first-order chi connectivity index (χ1) is 57.7. The lowest BCUT2D eigenvalue weighted by molar-refractivity contribution is -0.0576. The van der Waals surface area contributed by atoms with Crippen molar-refractivity contribution >= 4 is 134 Å². The van der Waals surface area contributed by atoms with Gasteiger partial charge in [-0.25, -0.2) is 38.9 Å². The highest BCUT2D eigenvalue weighted by Crippen LogP contribution is 2.57. The maximum absolute atomic E-state index is 13.5. The molecule has 49 nitrogen and oxygen atoms in total. The Labute approximate surface area is 722 Å². The summed E-state index contributed by atoms with van der Waals surface area (Å²) in [6.07, 6.45) is -15.0. The van der Waals surface area contributed by atoms with Crippen molar-refractivity contribution in [3.05, 3.63) is 165 Å². The molecule has 6 aliphatic heterocycles. The van der Waals surface area contributed by atoms with Crippen LogP contribution in [0.25, 0.3) is 11.2 Å². The Morgan fingerprint density at radius 3 is 0.959 bits per heavy atom. The lowest BCUT2D eigenvalue weighted by Crippen LogP contribution is -2.33. The van der Waals surface area contributed by atoms with Gasteiger partial charge in [0.15, 0.2) is 11.5 Å². The average Bonchev–Trinajstić information content (AvgIpc) is 1.63. The van der Waals surface area contributed by atoms with Crippen LogP contribution in [0, 0.1) is 34.6 Å². The largest absolute Gasteiger partial charge is 0.383 e. The standard InChI is InChI=1S/C62H84N16O33P6S6/c1-8-32-33(9-44(100-32)74-16-28(3)54(79)69-59(74)84)107-113(89,119)95-21-40-35(10-45(101-40)73-15-27(2)51(63)68-58(73)83)108-115(91,121)97-22-42-37(12-47(103-42)76-18-30(5)56(81)71-61(76)86)110-117(93,123)99-24-43-38(13-48(104-43)77-19-31(6)57(82)72-62(77)87)111-116(92,122)98-23-41-36(11-46(102-41)75-17-29(4)55(80)70-60(75)85)109-114(90,120)96-20-39-34(106-112(88,118)94-7)14-49(105-39)78-26-67-50-52(64)65-25-66-53(50)78/h15-19,25-26,32-49H,8-14,20-24H2,1-7H3,(H,88,118)(H,89,119)(H,90,120)(H,91,121)(H,92,122)(H,93,123)(H2,63,68,83)(H2,64,65,66)(H,69,79,84)(H,70,80,85)(H,71,81,86)(H,72,82,87)/t32-,33-,34-,35-,36-,37-,38-,39-,40-,41-,42-,43-,44-,45-,46-,47-,48-,49-,112?,113?,114?,115?,116?,117?/m1/s1. The molecule has 7 aromatic heterocycles. The molecule has 0 radical (unpaired) electrons. The van der Waals surface area contributed by atoms with Crippen molar-refractivity contribution in [2.24, 2.45) is 0 Å². The summed E-state index contributed by atoms with van der Waals surface area (Å²) >= 11 is 33.0. The number of nitrogens with zero attached hydrogens (tertiary/aromatic N) is 10. The fraction of sp³-hybridized carbons (Fsp3) is 0.597. The number of nitrogens with two attached hydrogens (primary N) is 2. The van der Waals surface area contributed by atoms with Gasteiger partial charge in [0.2, 0.25) is 0 Å². The molecule has 0 saturated carbocycles. The molecule has 6 unspecified atom stereocenters. The highest BCUT2D eigenvalue weighted by Gasteiger charge is 2.50. The molecule has 123 heavy (non-hydrogen) atoms. The van der Waals surface area contributed by atoms with E-state index in [1.54, 1.807) is 13.8 Å². The molecule has 61 heteroatoms. The molecule has 0 bridgehead atoms. The highest BCUT2D eigenvalue weighted by molar-refractivity contribution is 8.08. The number of rotatable bonds is 35. The second-order valence-electron chi connectivity index (χ2n) is 28.9. The van der Waals surface area contributed by atoms with Crippen molar-refractivity contribution in [2.45, 2.75) is 197 Å². The quantitative estimate of drug-likeness (QED) is 0.0240. The summed E-state index contributed by atoms with van der Waals surface area (Å²) in [5.41, 5.74) is 6.01. The van der Waals surface area contributed by atoms with Gasteiger partial charge in [-0.15, -0.1) is 0 Å². The number of fused-ring (bicyclic) bond motifs is 1. The molecule has 14 N–H and O–H groups in total. The topological polar surface area (TPSA) is 637 Å². The van der Waals surface area contributed by atoms with Crippen LogP contribution in [0.2, 0.25) is 0 Å². The Morgan fingerprint density at radius 2 is 0.659 bits per heavy atom.